The normalized spacial score (nSPS) is 31.9. The summed E-state index contributed by atoms with van der Waals surface area (Å²) in [6.45, 7) is 1.47. The van der Waals surface area contributed by atoms with Crippen LogP contribution in [0.5, 0.6) is 0 Å². The number of piperidine rings is 2. The standard InChI is InChI=1S/C18H25FN4O2/c19-16-4-1-5-17(21-16)22-8-2-3-12(11-22)20-18(25)23-13-6-7-14(23)10-15(24)9-13/h1,4-5,12-15,24H,2-3,6-11H2,(H,20,25)/t12-,13?,14?,15?/m0/s1. The predicted octanol–water partition coefficient (Wildman–Crippen LogP) is 1.89. The van der Waals surface area contributed by atoms with Crippen LogP contribution in [0.25, 0.3) is 0 Å². The highest BCUT2D eigenvalue weighted by molar-refractivity contribution is 5.76. The molecule has 2 bridgehead atoms. The average Bonchev–Trinajstić information content (AvgIpc) is 2.87. The van der Waals surface area contributed by atoms with E-state index in [4.69, 9.17) is 0 Å². The lowest BCUT2D eigenvalue weighted by Crippen LogP contribution is -2.56. The van der Waals surface area contributed by atoms with E-state index in [0.717, 1.165) is 32.2 Å². The molecule has 2 amide bonds. The van der Waals surface area contributed by atoms with Gasteiger partial charge in [-0.25, -0.2) is 9.78 Å². The number of hydrogen-bond donors (Lipinski definition) is 2. The highest BCUT2D eigenvalue weighted by atomic mass is 19.1. The van der Waals surface area contributed by atoms with E-state index in [1.165, 1.54) is 6.07 Å². The minimum atomic E-state index is -0.480. The van der Waals surface area contributed by atoms with Gasteiger partial charge < -0.3 is 20.2 Å². The fraction of sp³-hybridized carbons (Fsp3) is 0.667. The largest absolute Gasteiger partial charge is 0.393 e. The Morgan fingerprint density at radius 3 is 2.72 bits per heavy atom. The van der Waals surface area contributed by atoms with Crippen LogP contribution in [-0.2, 0) is 0 Å². The molecule has 0 aromatic carbocycles. The van der Waals surface area contributed by atoms with Crippen molar-refractivity contribution in [2.75, 3.05) is 18.0 Å². The van der Waals surface area contributed by atoms with Crippen LogP contribution in [0.4, 0.5) is 15.0 Å². The Morgan fingerprint density at radius 1 is 1.24 bits per heavy atom. The smallest absolute Gasteiger partial charge is 0.318 e. The third-order valence-electron chi connectivity index (χ3n) is 5.72. The Morgan fingerprint density at radius 2 is 2.00 bits per heavy atom. The molecule has 7 heteroatoms. The summed E-state index contributed by atoms with van der Waals surface area (Å²) in [5.74, 6) is 0.146. The zero-order chi connectivity index (χ0) is 17.4. The van der Waals surface area contributed by atoms with Crippen LogP contribution in [0, 0.1) is 5.95 Å². The summed E-state index contributed by atoms with van der Waals surface area (Å²) in [6, 6.07) is 5.16. The predicted molar refractivity (Wildman–Crippen MR) is 91.9 cm³/mol. The van der Waals surface area contributed by atoms with Crippen molar-refractivity contribution in [2.24, 2.45) is 0 Å². The van der Waals surface area contributed by atoms with Crippen LogP contribution in [-0.4, -0.2) is 58.3 Å². The van der Waals surface area contributed by atoms with E-state index >= 15 is 0 Å². The molecule has 4 rings (SSSR count). The maximum atomic E-state index is 13.4. The fourth-order valence-corrected chi connectivity index (χ4v) is 4.61. The Bertz CT molecular complexity index is 629. The van der Waals surface area contributed by atoms with Gasteiger partial charge in [-0.1, -0.05) is 6.07 Å². The summed E-state index contributed by atoms with van der Waals surface area (Å²) in [7, 11) is 0. The van der Waals surface area contributed by atoms with E-state index in [1.807, 2.05) is 9.80 Å². The molecule has 3 fully saturated rings. The summed E-state index contributed by atoms with van der Waals surface area (Å²) in [5.41, 5.74) is 0. The Hall–Kier alpha value is -1.89. The number of nitrogens with one attached hydrogen (secondary N) is 1. The molecule has 136 valence electrons. The first-order valence-corrected chi connectivity index (χ1v) is 9.24. The van der Waals surface area contributed by atoms with Gasteiger partial charge in [0.25, 0.3) is 0 Å². The van der Waals surface area contributed by atoms with Gasteiger partial charge in [-0.2, -0.15) is 4.39 Å². The maximum absolute atomic E-state index is 13.4. The molecule has 0 saturated carbocycles. The summed E-state index contributed by atoms with van der Waals surface area (Å²) in [5, 5.41) is 13.1. The second-order valence-corrected chi connectivity index (χ2v) is 7.47. The molecular formula is C18H25FN4O2. The first-order valence-electron chi connectivity index (χ1n) is 9.24. The van der Waals surface area contributed by atoms with Gasteiger partial charge in [0.05, 0.1) is 6.10 Å². The summed E-state index contributed by atoms with van der Waals surface area (Å²) >= 11 is 0. The van der Waals surface area contributed by atoms with Crippen LogP contribution in [0.15, 0.2) is 18.2 Å². The molecule has 1 aromatic heterocycles. The monoisotopic (exact) mass is 348 g/mol. The number of halogens is 1. The number of anilines is 1. The van der Waals surface area contributed by atoms with E-state index < -0.39 is 5.95 Å². The van der Waals surface area contributed by atoms with Gasteiger partial charge in [0.1, 0.15) is 5.82 Å². The highest BCUT2D eigenvalue weighted by Crippen LogP contribution is 2.35. The minimum absolute atomic E-state index is 0.0153. The highest BCUT2D eigenvalue weighted by Gasteiger charge is 2.43. The number of aromatic nitrogens is 1. The molecular weight excluding hydrogens is 323 g/mol. The third kappa shape index (κ3) is 3.42. The van der Waals surface area contributed by atoms with Gasteiger partial charge in [-0.05, 0) is 50.7 Å². The quantitative estimate of drug-likeness (QED) is 0.801. The van der Waals surface area contributed by atoms with E-state index in [9.17, 15) is 14.3 Å². The first kappa shape index (κ1) is 16.6. The van der Waals surface area contributed by atoms with Gasteiger partial charge in [-0.3, -0.25) is 0 Å². The first-order chi connectivity index (χ1) is 12.1. The Balaban J connectivity index is 1.38. The van der Waals surface area contributed by atoms with Gasteiger partial charge in [0, 0.05) is 31.2 Å². The van der Waals surface area contributed by atoms with Crippen molar-refractivity contribution in [1.29, 1.82) is 0 Å². The van der Waals surface area contributed by atoms with Crippen LogP contribution in [0.1, 0.15) is 38.5 Å². The van der Waals surface area contributed by atoms with E-state index in [0.29, 0.717) is 25.2 Å². The number of urea groups is 1. The van der Waals surface area contributed by atoms with Crippen molar-refractivity contribution in [3.05, 3.63) is 24.1 Å². The molecule has 3 atom stereocenters. The van der Waals surface area contributed by atoms with Crippen molar-refractivity contribution in [1.82, 2.24) is 15.2 Å². The lowest BCUT2D eigenvalue weighted by Gasteiger charge is -2.39. The van der Waals surface area contributed by atoms with Crippen LogP contribution < -0.4 is 10.2 Å². The number of aliphatic hydroxyl groups excluding tert-OH is 1. The number of fused-ring (bicyclic) bond motifs is 2. The van der Waals surface area contributed by atoms with Gasteiger partial charge >= 0.3 is 6.03 Å². The van der Waals surface area contributed by atoms with Crippen molar-refractivity contribution in [3.8, 4) is 0 Å². The second kappa shape index (κ2) is 6.78. The number of carbonyl (C=O) groups excluding carboxylic acids is 1. The molecule has 2 unspecified atom stereocenters. The minimum Gasteiger partial charge on any atom is -0.393 e. The molecule has 6 nitrogen and oxygen atoms in total. The molecule has 3 saturated heterocycles. The van der Waals surface area contributed by atoms with E-state index in [2.05, 4.69) is 10.3 Å². The lowest BCUT2D eigenvalue weighted by molar-refractivity contribution is 0.0533. The molecule has 3 aliphatic rings. The van der Waals surface area contributed by atoms with Crippen molar-refractivity contribution in [2.45, 2.75) is 62.8 Å². The van der Waals surface area contributed by atoms with Gasteiger partial charge in [0.2, 0.25) is 5.95 Å². The van der Waals surface area contributed by atoms with Gasteiger partial charge in [0.15, 0.2) is 0 Å². The molecule has 2 N–H and O–H groups in total. The van der Waals surface area contributed by atoms with Crippen LogP contribution >= 0.6 is 0 Å². The lowest BCUT2D eigenvalue weighted by atomic mass is 10.00. The van der Waals surface area contributed by atoms with Crippen molar-refractivity contribution < 1.29 is 14.3 Å². The Kier molecular flexibility index (Phi) is 4.50. The van der Waals surface area contributed by atoms with Crippen molar-refractivity contribution in [3.63, 3.8) is 0 Å². The zero-order valence-electron chi connectivity index (χ0n) is 14.3. The van der Waals surface area contributed by atoms with Crippen molar-refractivity contribution >= 4 is 11.8 Å². The van der Waals surface area contributed by atoms with E-state index in [-0.39, 0.29) is 30.3 Å². The molecule has 4 heterocycles. The maximum Gasteiger partial charge on any atom is 0.318 e. The average molecular weight is 348 g/mol. The number of amides is 2. The molecule has 0 aliphatic carbocycles. The molecule has 3 aliphatic heterocycles. The summed E-state index contributed by atoms with van der Waals surface area (Å²) in [4.78, 5) is 20.7. The topological polar surface area (TPSA) is 68.7 Å². The zero-order valence-corrected chi connectivity index (χ0v) is 14.3. The third-order valence-corrected chi connectivity index (χ3v) is 5.72. The SMILES string of the molecule is O=C(N[C@H]1CCCN(c2cccc(F)n2)C1)N1C2CCC1CC(O)C2. The summed E-state index contributed by atoms with van der Waals surface area (Å²) < 4.78 is 13.4. The number of hydrogen-bond acceptors (Lipinski definition) is 4. The van der Waals surface area contributed by atoms with E-state index in [1.54, 1.807) is 12.1 Å². The molecule has 0 spiro atoms. The number of carbonyl (C=O) groups is 1. The molecule has 1 aromatic rings. The number of nitrogens with zero attached hydrogens (tertiary/aromatic N) is 3. The number of rotatable bonds is 2. The molecule has 25 heavy (non-hydrogen) atoms. The molecule has 0 radical (unpaired) electrons. The Labute approximate surface area is 147 Å². The van der Waals surface area contributed by atoms with Gasteiger partial charge in [-0.15, -0.1) is 0 Å². The van der Waals surface area contributed by atoms with Crippen LogP contribution in [0.3, 0.4) is 0 Å². The summed E-state index contributed by atoms with van der Waals surface area (Å²) in [6.07, 6.45) is 4.93. The number of pyridine rings is 1. The fourth-order valence-electron chi connectivity index (χ4n) is 4.61. The van der Waals surface area contributed by atoms with Crippen LogP contribution in [0.2, 0.25) is 0 Å². The second-order valence-electron chi connectivity index (χ2n) is 7.47. The number of aliphatic hydroxyl groups is 1.